The fourth-order valence-electron chi connectivity index (χ4n) is 1.06. The molecule has 0 unspecified atom stereocenters. The Morgan fingerprint density at radius 1 is 1.23 bits per heavy atom. The average Bonchev–Trinajstić information content (AvgIpc) is 2.08. The van der Waals surface area contributed by atoms with Crippen molar-refractivity contribution in [2.75, 3.05) is 0 Å². The molecule has 0 aliphatic carbocycles. The Balaban J connectivity index is 2.69. The fourth-order valence-corrected chi connectivity index (χ4v) is 1.06. The van der Waals surface area contributed by atoms with E-state index in [1.807, 2.05) is 0 Å². The van der Waals surface area contributed by atoms with Gasteiger partial charge in [0.05, 0.1) is 6.42 Å². The van der Waals surface area contributed by atoms with Crippen LogP contribution in [-0.4, -0.2) is 17.4 Å². The zero-order chi connectivity index (χ0) is 9.68. The van der Waals surface area contributed by atoms with Gasteiger partial charge in [-0.2, -0.15) is 0 Å². The molecule has 0 heterocycles. The highest BCUT2D eigenvalue weighted by Crippen LogP contribution is 2.04. The minimum Gasteiger partial charge on any atom is -0.481 e. The quantitative estimate of drug-likeness (QED) is 0.701. The second-order valence-electron chi connectivity index (χ2n) is 2.76. The summed E-state index contributed by atoms with van der Waals surface area (Å²) in [5.41, 5.74) is 1.66. The number of carboxylic acid groups (broad SMARTS) is 1. The van der Waals surface area contributed by atoms with Gasteiger partial charge in [0.25, 0.3) is 0 Å². The van der Waals surface area contributed by atoms with Gasteiger partial charge in [-0.15, -0.1) is 0 Å². The van der Waals surface area contributed by atoms with Gasteiger partial charge in [-0.25, -0.2) is 0 Å². The first-order valence-corrected chi connectivity index (χ1v) is 3.95. The van der Waals surface area contributed by atoms with Crippen LogP contribution in [0.5, 0.6) is 0 Å². The van der Waals surface area contributed by atoms with Crippen LogP contribution in [0.25, 0.3) is 0 Å². The van der Waals surface area contributed by atoms with Crippen molar-refractivity contribution in [3.05, 3.63) is 35.4 Å². The molecule has 68 valence electrons. The maximum atomic E-state index is 10.3. The van der Waals surface area contributed by atoms with Crippen LogP contribution in [0.3, 0.4) is 0 Å². The summed E-state index contributed by atoms with van der Waals surface area (Å²) < 4.78 is 0. The maximum absolute atomic E-state index is 10.3. The lowest BCUT2D eigenvalue weighted by molar-refractivity contribution is -0.136. The van der Waals surface area contributed by atoms with E-state index in [0.29, 0.717) is 6.42 Å². The zero-order valence-electron chi connectivity index (χ0n) is 7.06. The number of hydrogen-bond donors (Lipinski definition) is 1. The molecule has 0 bridgehead atoms. The Hall–Kier alpha value is -1.64. The van der Waals surface area contributed by atoms with E-state index in [4.69, 9.17) is 5.11 Å². The largest absolute Gasteiger partial charge is 0.481 e. The second kappa shape index (κ2) is 4.40. The molecule has 0 amide bonds. The van der Waals surface area contributed by atoms with Gasteiger partial charge in [-0.05, 0) is 11.1 Å². The first kappa shape index (κ1) is 9.45. The van der Waals surface area contributed by atoms with Crippen LogP contribution in [0.2, 0.25) is 0 Å². The zero-order valence-corrected chi connectivity index (χ0v) is 7.06. The lowest BCUT2D eigenvalue weighted by atomic mass is 10.1. The fraction of sp³-hybridized carbons (Fsp3) is 0.200. The van der Waals surface area contributed by atoms with Gasteiger partial charge in [0.1, 0.15) is 6.29 Å². The van der Waals surface area contributed by atoms with Crippen molar-refractivity contribution < 1.29 is 14.7 Å². The molecule has 3 heteroatoms. The van der Waals surface area contributed by atoms with Crippen molar-refractivity contribution in [3.63, 3.8) is 0 Å². The molecular weight excluding hydrogens is 168 g/mol. The van der Waals surface area contributed by atoms with Gasteiger partial charge in [0.15, 0.2) is 0 Å². The van der Waals surface area contributed by atoms with Gasteiger partial charge in [0.2, 0.25) is 0 Å². The number of rotatable bonds is 4. The summed E-state index contributed by atoms with van der Waals surface area (Å²) in [6.07, 6.45) is 1.24. The van der Waals surface area contributed by atoms with Crippen LogP contribution in [0.4, 0.5) is 0 Å². The van der Waals surface area contributed by atoms with Gasteiger partial charge >= 0.3 is 5.97 Å². The molecule has 0 aliphatic rings. The van der Waals surface area contributed by atoms with Crippen molar-refractivity contribution >= 4 is 12.3 Å². The molecule has 0 saturated carbocycles. The molecule has 3 nitrogen and oxygen atoms in total. The number of aliphatic carboxylic acids is 1. The normalized spacial score (nSPS) is 9.54. The molecule has 0 atom stereocenters. The predicted molar refractivity (Wildman–Crippen MR) is 47.5 cm³/mol. The Kier molecular flexibility index (Phi) is 3.20. The van der Waals surface area contributed by atoms with E-state index in [1.54, 1.807) is 24.3 Å². The monoisotopic (exact) mass is 178 g/mol. The highest BCUT2D eigenvalue weighted by atomic mass is 16.4. The van der Waals surface area contributed by atoms with Crippen LogP contribution < -0.4 is 0 Å². The number of hydrogen-bond acceptors (Lipinski definition) is 2. The molecule has 13 heavy (non-hydrogen) atoms. The summed E-state index contributed by atoms with van der Waals surface area (Å²) in [5, 5.41) is 8.48. The summed E-state index contributed by atoms with van der Waals surface area (Å²) in [5.74, 6) is -0.844. The van der Waals surface area contributed by atoms with Crippen LogP contribution >= 0.6 is 0 Å². The molecule has 1 aromatic carbocycles. The molecule has 0 saturated heterocycles. The van der Waals surface area contributed by atoms with E-state index < -0.39 is 5.97 Å². The smallest absolute Gasteiger partial charge is 0.307 e. The summed E-state index contributed by atoms with van der Waals surface area (Å²) >= 11 is 0. The van der Waals surface area contributed by atoms with Gasteiger partial charge in [0, 0.05) is 6.42 Å². The Morgan fingerprint density at radius 2 is 1.77 bits per heavy atom. The summed E-state index contributed by atoms with van der Waals surface area (Å²) in [7, 11) is 0. The first-order chi connectivity index (χ1) is 6.22. The van der Waals surface area contributed by atoms with Crippen molar-refractivity contribution in [2.24, 2.45) is 0 Å². The van der Waals surface area contributed by atoms with E-state index in [-0.39, 0.29) is 6.42 Å². The van der Waals surface area contributed by atoms with Crippen molar-refractivity contribution in [1.29, 1.82) is 0 Å². The molecular formula is C10H10O3. The van der Waals surface area contributed by atoms with E-state index in [2.05, 4.69) is 0 Å². The molecule has 0 fully saturated rings. The molecule has 0 radical (unpaired) electrons. The number of aldehydes is 1. The van der Waals surface area contributed by atoms with E-state index in [9.17, 15) is 9.59 Å². The Morgan fingerprint density at radius 3 is 2.23 bits per heavy atom. The lowest BCUT2D eigenvalue weighted by Gasteiger charge is -1.98. The van der Waals surface area contributed by atoms with Crippen molar-refractivity contribution in [2.45, 2.75) is 12.8 Å². The van der Waals surface area contributed by atoms with Crippen LogP contribution in [-0.2, 0) is 22.4 Å². The highest BCUT2D eigenvalue weighted by molar-refractivity contribution is 5.70. The SMILES string of the molecule is O=CCc1ccc(CC(=O)O)cc1. The third-order valence-corrected chi connectivity index (χ3v) is 1.70. The third-order valence-electron chi connectivity index (χ3n) is 1.70. The van der Waals surface area contributed by atoms with E-state index in [0.717, 1.165) is 17.4 Å². The van der Waals surface area contributed by atoms with Crippen LogP contribution in [0, 0.1) is 0 Å². The topological polar surface area (TPSA) is 54.4 Å². The number of carbonyl (C=O) groups excluding carboxylic acids is 1. The Labute approximate surface area is 76.0 Å². The van der Waals surface area contributed by atoms with Crippen molar-refractivity contribution in [3.8, 4) is 0 Å². The summed E-state index contributed by atoms with van der Waals surface area (Å²) in [4.78, 5) is 20.5. The standard InChI is InChI=1S/C10H10O3/c11-6-5-8-1-3-9(4-2-8)7-10(12)13/h1-4,6H,5,7H2,(H,12,13). The van der Waals surface area contributed by atoms with Gasteiger partial charge in [-0.1, -0.05) is 24.3 Å². The third kappa shape index (κ3) is 3.07. The number of carbonyl (C=O) groups is 2. The Bertz CT molecular complexity index is 300. The van der Waals surface area contributed by atoms with Crippen molar-refractivity contribution in [1.82, 2.24) is 0 Å². The first-order valence-electron chi connectivity index (χ1n) is 3.95. The number of benzene rings is 1. The highest BCUT2D eigenvalue weighted by Gasteiger charge is 1.99. The molecule has 0 aliphatic heterocycles. The minimum atomic E-state index is -0.844. The lowest BCUT2D eigenvalue weighted by Crippen LogP contribution is -1.99. The van der Waals surface area contributed by atoms with Crippen LogP contribution in [0.15, 0.2) is 24.3 Å². The predicted octanol–water partition coefficient (Wildman–Crippen LogP) is 1.06. The van der Waals surface area contributed by atoms with Crippen LogP contribution in [0.1, 0.15) is 11.1 Å². The maximum Gasteiger partial charge on any atom is 0.307 e. The van der Waals surface area contributed by atoms with Gasteiger partial charge in [-0.3, -0.25) is 4.79 Å². The molecule has 0 aromatic heterocycles. The van der Waals surface area contributed by atoms with E-state index >= 15 is 0 Å². The molecule has 1 aromatic rings. The summed E-state index contributed by atoms with van der Waals surface area (Å²) in [6, 6.07) is 7.00. The average molecular weight is 178 g/mol. The molecule has 1 N–H and O–H groups in total. The minimum absolute atomic E-state index is 0.0291. The molecule has 1 rings (SSSR count). The second-order valence-corrected chi connectivity index (χ2v) is 2.76. The van der Waals surface area contributed by atoms with E-state index in [1.165, 1.54) is 0 Å². The van der Waals surface area contributed by atoms with Gasteiger partial charge < -0.3 is 9.90 Å². The molecule has 0 spiro atoms. The number of carboxylic acids is 1. The summed E-state index contributed by atoms with van der Waals surface area (Å²) in [6.45, 7) is 0.